The molecule has 1 aromatic carbocycles. The number of hydrogen-bond acceptors (Lipinski definition) is 3. The maximum atomic E-state index is 13.6. The largest absolute Gasteiger partial charge is 0.330 e. The summed E-state index contributed by atoms with van der Waals surface area (Å²) in [4.78, 5) is 4.58. The lowest BCUT2D eigenvalue weighted by Crippen LogP contribution is -2.46. The summed E-state index contributed by atoms with van der Waals surface area (Å²) in [5.74, 6) is -0.974. The molecule has 1 fully saturated rings. The summed E-state index contributed by atoms with van der Waals surface area (Å²) in [5, 5.41) is 0. The summed E-state index contributed by atoms with van der Waals surface area (Å²) in [6.45, 7) is 6.13. The molecule has 1 aliphatic heterocycles. The van der Waals surface area contributed by atoms with E-state index in [-0.39, 0.29) is 0 Å². The fourth-order valence-corrected chi connectivity index (χ4v) is 2.38. The predicted octanol–water partition coefficient (Wildman–Crippen LogP) is 1.43. The van der Waals surface area contributed by atoms with Crippen molar-refractivity contribution in [3.05, 3.63) is 35.4 Å². The van der Waals surface area contributed by atoms with Crippen molar-refractivity contribution >= 4 is 0 Å². The minimum absolute atomic E-state index is 0.453. The first-order valence-corrected chi connectivity index (χ1v) is 6.78. The zero-order chi connectivity index (χ0) is 13.7. The molecule has 3 nitrogen and oxygen atoms in total. The average Bonchev–Trinajstić information content (AvgIpc) is 2.41. The van der Waals surface area contributed by atoms with E-state index in [0.717, 1.165) is 51.8 Å². The zero-order valence-corrected chi connectivity index (χ0v) is 11.1. The predicted molar refractivity (Wildman–Crippen MR) is 71.7 cm³/mol. The van der Waals surface area contributed by atoms with Crippen molar-refractivity contribution < 1.29 is 8.78 Å². The Hall–Kier alpha value is -1.04. The van der Waals surface area contributed by atoms with Gasteiger partial charge in [-0.3, -0.25) is 4.90 Å². The molecular formula is C14H21F2N3. The van der Waals surface area contributed by atoms with Crippen molar-refractivity contribution in [2.45, 2.75) is 13.0 Å². The SMILES string of the molecule is NCCCN1CCN(Cc2ccc(F)cc2F)CC1. The Balaban J connectivity index is 1.82. The maximum Gasteiger partial charge on any atom is 0.130 e. The monoisotopic (exact) mass is 269 g/mol. The van der Waals surface area contributed by atoms with Crippen LogP contribution >= 0.6 is 0 Å². The van der Waals surface area contributed by atoms with Gasteiger partial charge in [0.1, 0.15) is 11.6 Å². The summed E-state index contributed by atoms with van der Waals surface area (Å²) in [7, 11) is 0. The third-order valence-electron chi connectivity index (χ3n) is 3.55. The van der Waals surface area contributed by atoms with Gasteiger partial charge in [-0.25, -0.2) is 8.78 Å². The Morgan fingerprint density at radius 1 is 1.05 bits per heavy atom. The molecule has 1 aromatic rings. The van der Waals surface area contributed by atoms with Crippen LogP contribution in [0.4, 0.5) is 8.78 Å². The molecule has 2 N–H and O–H groups in total. The first kappa shape index (κ1) is 14.4. The van der Waals surface area contributed by atoms with Gasteiger partial charge in [-0.15, -0.1) is 0 Å². The molecule has 1 heterocycles. The molecule has 0 amide bonds. The van der Waals surface area contributed by atoms with Gasteiger partial charge in [0.15, 0.2) is 0 Å². The number of nitrogens with two attached hydrogens (primary N) is 1. The van der Waals surface area contributed by atoms with E-state index in [1.807, 2.05) is 0 Å². The van der Waals surface area contributed by atoms with Gasteiger partial charge in [0.2, 0.25) is 0 Å². The van der Waals surface area contributed by atoms with Crippen molar-refractivity contribution in [2.24, 2.45) is 5.73 Å². The second-order valence-electron chi connectivity index (χ2n) is 5.00. The standard InChI is InChI=1S/C14H21F2N3/c15-13-3-2-12(14(16)10-13)11-19-8-6-18(7-9-19)5-1-4-17/h2-3,10H,1,4-9,11,17H2. The molecule has 1 saturated heterocycles. The fourth-order valence-electron chi connectivity index (χ4n) is 2.38. The molecule has 0 bridgehead atoms. The van der Waals surface area contributed by atoms with Gasteiger partial charge in [-0.2, -0.15) is 0 Å². The minimum atomic E-state index is -0.521. The van der Waals surface area contributed by atoms with Gasteiger partial charge in [0.25, 0.3) is 0 Å². The van der Waals surface area contributed by atoms with Gasteiger partial charge >= 0.3 is 0 Å². The third kappa shape index (κ3) is 4.23. The summed E-state index contributed by atoms with van der Waals surface area (Å²) in [5.41, 5.74) is 6.06. The van der Waals surface area contributed by atoms with E-state index in [2.05, 4.69) is 9.80 Å². The lowest BCUT2D eigenvalue weighted by molar-refractivity contribution is 0.125. The molecule has 0 saturated carbocycles. The molecule has 0 spiro atoms. The fraction of sp³-hybridized carbons (Fsp3) is 0.571. The molecule has 0 unspecified atom stereocenters. The quantitative estimate of drug-likeness (QED) is 0.877. The second-order valence-corrected chi connectivity index (χ2v) is 5.00. The number of rotatable bonds is 5. The highest BCUT2D eigenvalue weighted by Crippen LogP contribution is 2.13. The minimum Gasteiger partial charge on any atom is -0.330 e. The van der Waals surface area contributed by atoms with Crippen LogP contribution in [0, 0.1) is 11.6 Å². The Kier molecular flexibility index (Phi) is 5.24. The van der Waals surface area contributed by atoms with Crippen LogP contribution in [0.5, 0.6) is 0 Å². The third-order valence-corrected chi connectivity index (χ3v) is 3.55. The number of benzene rings is 1. The molecular weight excluding hydrogens is 248 g/mol. The van der Waals surface area contributed by atoms with Gasteiger partial charge in [0.05, 0.1) is 0 Å². The highest BCUT2D eigenvalue weighted by Gasteiger charge is 2.17. The van der Waals surface area contributed by atoms with Crippen LogP contribution in [0.25, 0.3) is 0 Å². The highest BCUT2D eigenvalue weighted by molar-refractivity contribution is 5.18. The number of halogens is 2. The van der Waals surface area contributed by atoms with Crippen LogP contribution in [-0.2, 0) is 6.54 Å². The normalized spacial score (nSPS) is 17.8. The number of hydrogen-bond donors (Lipinski definition) is 1. The van der Waals surface area contributed by atoms with E-state index in [9.17, 15) is 8.78 Å². The van der Waals surface area contributed by atoms with Crippen LogP contribution < -0.4 is 5.73 Å². The Morgan fingerprint density at radius 3 is 2.37 bits per heavy atom. The van der Waals surface area contributed by atoms with E-state index in [1.54, 1.807) is 0 Å². The van der Waals surface area contributed by atoms with E-state index < -0.39 is 11.6 Å². The Bertz CT molecular complexity index is 404. The lowest BCUT2D eigenvalue weighted by atomic mass is 10.1. The molecule has 5 heteroatoms. The van der Waals surface area contributed by atoms with Crippen LogP contribution in [0.3, 0.4) is 0 Å². The molecule has 0 radical (unpaired) electrons. The first-order valence-electron chi connectivity index (χ1n) is 6.78. The topological polar surface area (TPSA) is 32.5 Å². The van der Waals surface area contributed by atoms with Crippen LogP contribution in [0.2, 0.25) is 0 Å². The van der Waals surface area contributed by atoms with Crippen molar-refractivity contribution in [3.8, 4) is 0 Å². The van der Waals surface area contributed by atoms with Crippen LogP contribution in [-0.4, -0.2) is 49.1 Å². The molecule has 106 valence electrons. The van der Waals surface area contributed by atoms with Gasteiger partial charge in [-0.05, 0) is 25.6 Å². The zero-order valence-electron chi connectivity index (χ0n) is 11.1. The Labute approximate surface area is 113 Å². The first-order chi connectivity index (χ1) is 9.19. The van der Waals surface area contributed by atoms with Crippen molar-refractivity contribution in [2.75, 3.05) is 39.3 Å². The molecule has 1 aliphatic rings. The maximum absolute atomic E-state index is 13.6. The van der Waals surface area contributed by atoms with Gasteiger partial charge in [0, 0.05) is 44.4 Å². The summed E-state index contributed by atoms with van der Waals surface area (Å²) in [6.07, 6.45) is 1.02. The Morgan fingerprint density at radius 2 is 1.74 bits per heavy atom. The van der Waals surface area contributed by atoms with E-state index >= 15 is 0 Å². The summed E-state index contributed by atoms with van der Waals surface area (Å²) >= 11 is 0. The van der Waals surface area contributed by atoms with Gasteiger partial charge < -0.3 is 10.6 Å². The van der Waals surface area contributed by atoms with E-state index in [0.29, 0.717) is 12.1 Å². The number of nitrogens with zero attached hydrogens (tertiary/aromatic N) is 2. The van der Waals surface area contributed by atoms with Crippen molar-refractivity contribution in [1.29, 1.82) is 0 Å². The molecule has 2 rings (SSSR count). The van der Waals surface area contributed by atoms with Crippen molar-refractivity contribution in [3.63, 3.8) is 0 Å². The highest BCUT2D eigenvalue weighted by atomic mass is 19.1. The smallest absolute Gasteiger partial charge is 0.130 e. The van der Waals surface area contributed by atoms with Crippen LogP contribution in [0.1, 0.15) is 12.0 Å². The molecule has 0 aromatic heterocycles. The van der Waals surface area contributed by atoms with E-state index in [1.165, 1.54) is 12.1 Å². The summed E-state index contributed by atoms with van der Waals surface area (Å²) < 4.78 is 26.4. The van der Waals surface area contributed by atoms with E-state index in [4.69, 9.17) is 5.73 Å². The van der Waals surface area contributed by atoms with Crippen LogP contribution in [0.15, 0.2) is 18.2 Å². The lowest BCUT2D eigenvalue weighted by Gasteiger charge is -2.34. The molecule has 0 atom stereocenters. The summed E-state index contributed by atoms with van der Waals surface area (Å²) in [6, 6.07) is 3.80. The van der Waals surface area contributed by atoms with Gasteiger partial charge in [-0.1, -0.05) is 6.07 Å². The molecule has 19 heavy (non-hydrogen) atoms. The second kappa shape index (κ2) is 6.93. The molecule has 0 aliphatic carbocycles. The number of piperazine rings is 1. The van der Waals surface area contributed by atoms with Crippen molar-refractivity contribution in [1.82, 2.24) is 9.80 Å². The average molecular weight is 269 g/mol.